The van der Waals surface area contributed by atoms with Crippen molar-refractivity contribution in [2.24, 2.45) is 10.7 Å². The van der Waals surface area contributed by atoms with Crippen LogP contribution >= 0.6 is 0 Å². The molecule has 2 rings (SSSR count). The van der Waals surface area contributed by atoms with E-state index in [0.717, 1.165) is 19.6 Å². The third kappa shape index (κ3) is 3.47. The molecule has 0 radical (unpaired) electrons. The quantitative estimate of drug-likeness (QED) is 0.648. The highest BCUT2D eigenvalue weighted by Crippen LogP contribution is 2.18. The van der Waals surface area contributed by atoms with Gasteiger partial charge in [-0.05, 0) is 26.5 Å². The van der Waals surface area contributed by atoms with E-state index in [1.165, 1.54) is 5.56 Å². The van der Waals surface area contributed by atoms with E-state index in [2.05, 4.69) is 47.8 Å². The van der Waals surface area contributed by atoms with Crippen molar-refractivity contribution in [3.63, 3.8) is 0 Å². The van der Waals surface area contributed by atoms with Crippen molar-refractivity contribution >= 4 is 5.96 Å². The van der Waals surface area contributed by atoms with Crippen LogP contribution in [0.15, 0.2) is 35.3 Å². The van der Waals surface area contributed by atoms with Crippen LogP contribution in [0.2, 0.25) is 0 Å². The van der Waals surface area contributed by atoms with Gasteiger partial charge in [0.2, 0.25) is 0 Å². The third-order valence-electron chi connectivity index (χ3n) is 3.91. The first kappa shape index (κ1) is 13.9. The smallest absolute Gasteiger partial charge is 0.191 e. The van der Waals surface area contributed by atoms with Gasteiger partial charge in [0, 0.05) is 25.2 Å². The van der Waals surface area contributed by atoms with E-state index in [-0.39, 0.29) is 5.54 Å². The third-order valence-corrected chi connectivity index (χ3v) is 3.91. The van der Waals surface area contributed by atoms with Gasteiger partial charge < -0.3 is 10.6 Å². The van der Waals surface area contributed by atoms with Crippen molar-refractivity contribution < 1.29 is 0 Å². The lowest BCUT2D eigenvalue weighted by atomic mass is 10.00. The molecule has 104 valence electrons. The van der Waals surface area contributed by atoms with Gasteiger partial charge in [-0.1, -0.05) is 30.3 Å². The van der Waals surface area contributed by atoms with Crippen molar-refractivity contribution in [3.05, 3.63) is 35.9 Å². The van der Waals surface area contributed by atoms with Crippen LogP contribution in [0.5, 0.6) is 0 Å². The highest BCUT2D eigenvalue weighted by atomic mass is 15.3. The summed E-state index contributed by atoms with van der Waals surface area (Å²) in [6, 6.07) is 10.2. The normalized spacial score (nSPS) is 20.6. The maximum absolute atomic E-state index is 6.12. The first-order chi connectivity index (χ1) is 8.99. The molecule has 1 aromatic carbocycles. The number of nitrogens with zero attached hydrogens (tertiary/aromatic N) is 3. The van der Waals surface area contributed by atoms with Crippen molar-refractivity contribution in [2.75, 3.05) is 26.7 Å². The second-order valence-electron chi connectivity index (χ2n) is 5.82. The van der Waals surface area contributed by atoms with E-state index >= 15 is 0 Å². The molecule has 0 bridgehead atoms. The fourth-order valence-electron chi connectivity index (χ4n) is 2.29. The summed E-state index contributed by atoms with van der Waals surface area (Å²) in [6.07, 6.45) is 0. The van der Waals surface area contributed by atoms with Crippen LogP contribution in [0.3, 0.4) is 0 Å². The minimum absolute atomic E-state index is 0.144. The van der Waals surface area contributed by atoms with Crippen molar-refractivity contribution in [3.8, 4) is 0 Å². The summed E-state index contributed by atoms with van der Waals surface area (Å²) in [5.74, 6) is 0.657. The Bertz CT molecular complexity index is 439. The zero-order chi connectivity index (χ0) is 13.9. The molecule has 19 heavy (non-hydrogen) atoms. The number of hydrogen-bond acceptors (Lipinski definition) is 2. The molecule has 0 saturated carbocycles. The average Bonchev–Trinajstić information content (AvgIpc) is 2.40. The van der Waals surface area contributed by atoms with E-state index in [1.54, 1.807) is 0 Å². The number of nitrogens with two attached hydrogens (primary N) is 1. The van der Waals surface area contributed by atoms with Crippen LogP contribution in [-0.2, 0) is 6.54 Å². The van der Waals surface area contributed by atoms with Crippen LogP contribution in [0.1, 0.15) is 19.4 Å². The standard InChI is InChI=1S/C15H24N4/c1-15(2)12-19(10-9-18(15)3)14(16)17-11-13-7-5-4-6-8-13/h4-8H,9-12H2,1-3H3,(H2,16,17). The average molecular weight is 260 g/mol. The zero-order valence-electron chi connectivity index (χ0n) is 12.1. The number of aliphatic imine (C=N–C) groups is 1. The minimum atomic E-state index is 0.144. The molecular formula is C15H24N4. The second kappa shape index (κ2) is 5.61. The molecule has 0 spiro atoms. The Balaban J connectivity index is 1.98. The molecule has 1 aliphatic rings. The largest absolute Gasteiger partial charge is 0.370 e. The Morgan fingerprint density at radius 3 is 2.58 bits per heavy atom. The fourth-order valence-corrected chi connectivity index (χ4v) is 2.29. The predicted molar refractivity (Wildman–Crippen MR) is 80.1 cm³/mol. The Hall–Kier alpha value is -1.55. The van der Waals surface area contributed by atoms with E-state index in [1.807, 2.05) is 18.2 Å². The molecule has 1 heterocycles. The summed E-state index contributed by atoms with van der Waals surface area (Å²) < 4.78 is 0. The fraction of sp³-hybridized carbons (Fsp3) is 0.533. The maximum atomic E-state index is 6.12. The van der Waals surface area contributed by atoms with Gasteiger partial charge in [-0.2, -0.15) is 0 Å². The lowest BCUT2D eigenvalue weighted by Gasteiger charge is -2.45. The van der Waals surface area contributed by atoms with E-state index < -0.39 is 0 Å². The van der Waals surface area contributed by atoms with Crippen LogP contribution < -0.4 is 5.73 Å². The second-order valence-corrected chi connectivity index (χ2v) is 5.82. The molecule has 0 amide bonds. The van der Waals surface area contributed by atoms with E-state index in [0.29, 0.717) is 12.5 Å². The van der Waals surface area contributed by atoms with E-state index in [4.69, 9.17) is 5.73 Å². The van der Waals surface area contributed by atoms with Gasteiger partial charge in [0.25, 0.3) is 0 Å². The lowest BCUT2D eigenvalue weighted by Crippen LogP contribution is -2.60. The summed E-state index contributed by atoms with van der Waals surface area (Å²) >= 11 is 0. The van der Waals surface area contributed by atoms with Crippen LogP contribution in [0.25, 0.3) is 0 Å². The summed E-state index contributed by atoms with van der Waals surface area (Å²) in [5, 5.41) is 0. The predicted octanol–water partition coefficient (Wildman–Crippen LogP) is 1.53. The Morgan fingerprint density at radius 1 is 1.26 bits per heavy atom. The number of benzene rings is 1. The molecule has 1 aromatic rings. The first-order valence-electron chi connectivity index (χ1n) is 6.79. The molecule has 0 atom stereocenters. The van der Waals surface area contributed by atoms with Gasteiger partial charge in [0.15, 0.2) is 5.96 Å². The molecule has 0 aromatic heterocycles. The van der Waals surface area contributed by atoms with Crippen LogP contribution in [0, 0.1) is 0 Å². The SMILES string of the molecule is CN1CCN(C(N)=NCc2ccccc2)CC1(C)C. The summed E-state index contributed by atoms with van der Waals surface area (Å²) in [4.78, 5) is 9.06. The van der Waals surface area contributed by atoms with Gasteiger partial charge in [-0.3, -0.25) is 4.90 Å². The molecule has 0 unspecified atom stereocenters. The number of piperazine rings is 1. The lowest BCUT2D eigenvalue weighted by molar-refractivity contribution is 0.0737. The highest BCUT2D eigenvalue weighted by Gasteiger charge is 2.31. The van der Waals surface area contributed by atoms with Gasteiger partial charge in [-0.15, -0.1) is 0 Å². The molecule has 1 saturated heterocycles. The number of hydrogen-bond donors (Lipinski definition) is 1. The summed E-state index contributed by atoms with van der Waals surface area (Å²) in [7, 11) is 2.16. The number of likely N-dealkylation sites (N-methyl/N-ethyl adjacent to an activating group) is 1. The molecule has 1 fully saturated rings. The van der Waals surface area contributed by atoms with Crippen LogP contribution in [-0.4, -0.2) is 48.0 Å². The van der Waals surface area contributed by atoms with Gasteiger partial charge >= 0.3 is 0 Å². The highest BCUT2D eigenvalue weighted by molar-refractivity contribution is 5.78. The van der Waals surface area contributed by atoms with Crippen molar-refractivity contribution in [1.29, 1.82) is 0 Å². The molecule has 1 aliphatic heterocycles. The molecular weight excluding hydrogens is 236 g/mol. The zero-order valence-corrected chi connectivity index (χ0v) is 12.1. The molecule has 4 heteroatoms. The monoisotopic (exact) mass is 260 g/mol. The number of rotatable bonds is 2. The molecule has 0 aliphatic carbocycles. The maximum Gasteiger partial charge on any atom is 0.191 e. The van der Waals surface area contributed by atoms with Crippen molar-refractivity contribution in [2.45, 2.75) is 25.9 Å². The van der Waals surface area contributed by atoms with Crippen LogP contribution in [0.4, 0.5) is 0 Å². The van der Waals surface area contributed by atoms with E-state index in [9.17, 15) is 0 Å². The first-order valence-corrected chi connectivity index (χ1v) is 6.79. The topological polar surface area (TPSA) is 44.9 Å². The Morgan fingerprint density at radius 2 is 1.95 bits per heavy atom. The van der Waals surface area contributed by atoms with Gasteiger partial charge in [0.05, 0.1) is 6.54 Å². The Labute approximate surface area is 115 Å². The Kier molecular flexibility index (Phi) is 4.10. The molecule has 2 N–H and O–H groups in total. The van der Waals surface area contributed by atoms with Gasteiger partial charge in [0.1, 0.15) is 0 Å². The molecule has 4 nitrogen and oxygen atoms in total. The minimum Gasteiger partial charge on any atom is -0.370 e. The number of guanidine groups is 1. The summed E-state index contributed by atoms with van der Waals surface area (Å²) in [5.41, 5.74) is 7.46. The van der Waals surface area contributed by atoms with Gasteiger partial charge in [-0.25, -0.2) is 4.99 Å². The van der Waals surface area contributed by atoms with Crippen molar-refractivity contribution in [1.82, 2.24) is 9.80 Å². The summed E-state index contributed by atoms with van der Waals surface area (Å²) in [6.45, 7) is 8.03.